The number of piperidine rings is 1. The average Bonchev–Trinajstić information content (AvgIpc) is 3.13. The molecule has 0 spiro atoms. The first-order valence-electron chi connectivity index (χ1n) is 8.44. The second-order valence-corrected chi connectivity index (χ2v) is 6.40. The molecule has 0 saturated carbocycles. The Morgan fingerprint density at radius 2 is 2.00 bits per heavy atom. The fraction of sp³-hybridized carbons (Fsp3) is 0.444. The van der Waals surface area contributed by atoms with E-state index in [0.717, 1.165) is 31.2 Å². The number of furan rings is 1. The first-order valence-corrected chi connectivity index (χ1v) is 8.44. The van der Waals surface area contributed by atoms with Crippen molar-refractivity contribution in [2.24, 2.45) is 0 Å². The van der Waals surface area contributed by atoms with Crippen molar-refractivity contribution in [1.29, 1.82) is 0 Å². The number of nitrogens with one attached hydrogen (secondary N) is 3. The average molecular weight is 312 g/mol. The summed E-state index contributed by atoms with van der Waals surface area (Å²) < 4.78 is 5.79. The van der Waals surface area contributed by atoms with E-state index in [0.29, 0.717) is 6.04 Å². The first-order chi connectivity index (χ1) is 11.3. The highest BCUT2D eigenvalue weighted by atomic mass is 16.3. The fourth-order valence-corrected chi connectivity index (χ4v) is 3.47. The van der Waals surface area contributed by atoms with Crippen LogP contribution in [0.3, 0.4) is 0 Å². The summed E-state index contributed by atoms with van der Waals surface area (Å²) in [5.41, 5.74) is 2.41. The van der Waals surface area contributed by atoms with E-state index in [1.165, 1.54) is 24.2 Å². The molecular weight excluding hydrogens is 288 g/mol. The summed E-state index contributed by atoms with van der Waals surface area (Å²) in [6.45, 7) is 4.94. The van der Waals surface area contributed by atoms with Crippen LogP contribution >= 0.6 is 0 Å². The number of hydrogen-bond acceptors (Lipinski definition) is 5. The van der Waals surface area contributed by atoms with Gasteiger partial charge in [-0.2, -0.15) is 0 Å². The molecule has 122 valence electrons. The minimum Gasteiger partial charge on any atom is -0.464 e. The molecule has 1 aromatic heterocycles. The van der Waals surface area contributed by atoms with E-state index < -0.39 is 0 Å². The molecule has 1 fully saturated rings. The van der Waals surface area contributed by atoms with Gasteiger partial charge in [-0.25, -0.2) is 0 Å². The van der Waals surface area contributed by atoms with Gasteiger partial charge in [0.15, 0.2) is 6.29 Å². The Hall–Kier alpha value is -1.98. The number of benzene rings is 1. The Morgan fingerprint density at radius 1 is 1.17 bits per heavy atom. The maximum atomic E-state index is 5.79. The highest BCUT2D eigenvalue weighted by Crippen LogP contribution is 2.35. The normalized spacial score (nSPS) is 21.3. The summed E-state index contributed by atoms with van der Waals surface area (Å²) in [5.74, 6) is 1.96. The highest BCUT2D eigenvalue weighted by Gasteiger charge is 2.30. The van der Waals surface area contributed by atoms with Crippen molar-refractivity contribution in [1.82, 2.24) is 10.6 Å². The number of nitrogens with zero attached hydrogens (tertiary/aromatic N) is 1. The van der Waals surface area contributed by atoms with Gasteiger partial charge in [0.2, 0.25) is 0 Å². The van der Waals surface area contributed by atoms with E-state index in [2.05, 4.69) is 51.2 Å². The van der Waals surface area contributed by atoms with Gasteiger partial charge in [-0.1, -0.05) is 12.1 Å². The van der Waals surface area contributed by atoms with Crippen LogP contribution in [0.25, 0.3) is 0 Å². The lowest BCUT2D eigenvalue weighted by molar-refractivity contribution is 0.352. The van der Waals surface area contributed by atoms with Crippen molar-refractivity contribution in [3.05, 3.63) is 47.9 Å². The summed E-state index contributed by atoms with van der Waals surface area (Å²) in [5, 5.41) is 10.8. The third-order valence-corrected chi connectivity index (χ3v) is 4.67. The zero-order valence-electron chi connectivity index (χ0n) is 13.5. The van der Waals surface area contributed by atoms with Gasteiger partial charge in [0, 0.05) is 6.04 Å². The van der Waals surface area contributed by atoms with Crippen LogP contribution in [0.2, 0.25) is 0 Å². The zero-order chi connectivity index (χ0) is 15.6. The molecular formula is C18H24N4O. The number of rotatable bonds is 4. The predicted molar refractivity (Wildman–Crippen MR) is 92.5 cm³/mol. The molecule has 0 radical (unpaired) electrons. The Balaban J connectivity index is 1.54. The second kappa shape index (κ2) is 6.26. The summed E-state index contributed by atoms with van der Waals surface area (Å²) >= 11 is 0. The lowest BCUT2D eigenvalue weighted by Crippen LogP contribution is -2.53. The van der Waals surface area contributed by atoms with Gasteiger partial charge in [0.25, 0.3) is 0 Å². The molecule has 1 unspecified atom stereocenters. The summed E-state index contributed by atoms with van der Waals surface area (Å²) in [6, 6.07) is 13.1. The van der Waals surface area contributed by atoms with Crippen LogP contribution in [0, 0.1) is 6.92 Å². The minimum atomic E-state index is 0.112. The fourth-order valence-electron chi connectivity index (χ4n) is 3.47. The predicted octanol–water partition coefficient (Wildman–Crippen LogP) is 2.65. The van der Waals surface area contributed by atoms with Gasteiger partial charge < -0.3 is 20.0 Å². The van der Waals surface area contributed by atoms with Gasteiger partial charge in [-0.15, -0.1) is 0 Å². The maximum absolute atomic E-state index is 5.79. The molecule has 3 heterocycles. The Morgan fingerprint density at radius 3 is 2.78 bits per heavy atom. The van der Waals surface area contributed by atoms with E-state index in [9.17, 15) is 0 Å². The van der Waals surface area contributed by atoms with Crippen LogP contribution in [0.15, 0.2) is 40.8 Å². The summed E-state index contributed by atoms with van der Waals surface area (Å²) in [4.78, 5) is 2.36. The summed E-state index contributed by atoms with van der Waals surface area (Å²) in [6.07, 6.45) is 2.45. The van der Waals surface area contributed by atoms with Gasteiger partial charge >= 0.3 is 0 Å². The molecule has 1 saturated heterocycles. The molecule has 2 aliphatic rings. The van der Waals surface area contributed by atoms with Gasteiger partial charge in [-0.05, 0) is 57.1 Å². The minimum absolute atomic E-state index is 0.112. The van der Waals surface area contributed by atoms with E-state index in [4.69, 9.17) is 4.42 Å². The quantitative estimate of drug-likeness (QED) is 0.810. The number of fused-ring (bicyclic) bond motifs is 1. The van der Waals surface area contributed by atoms with E-state index >= 15 is 0 Å². The van der Waals surface area contributed by atoms with Gasteiger partial charge in [0.05, 0.1) is 17.9 Å². The third-order valence-electron chi connectivity index (χ3n) is 4.67. The van der Waals surface area contributed by atoms with Crippen molar-refractivity contribution >= 4 is 11.4 Å². The molecule has 5 heteroatoms. The molecule has 0 bridgehead atoms. The monoisotopic (exact) mass is 312 g/mol. The molecule has 4 rings (SSSR count). The van der Waals surface area contributed by atoms with Crippen LogP contribution in [0.4, 0.5) is 11.4 Å². The molecule has 5 nitrogen and oxygen atoms in total. The molecule has 0 amide bonds. The third kappa shape index (κ3) is 3.07. The second-order valence-electron chi connectivity index (χ2n) is 6.40. The number of anilines is 2. The molecule has 2 aromatic rings. The molecule has 1 aromatic carbocycles. The molecule has 2 aliphatic heterocycles. The van der Waals surface area contributed by atoms with Crippen molar-refractivity contribution in [2.45, 2.75) is 38.6 Å². The van der Waals surface area contributed by atoms with Crippen molar-refractivity contribution in [3.63, 3.8) is 0 Å². The number of aryl methyl sites for hydroxylation is 1. The van der Waals surface area contributed by atoms with Crippen LogP contribution in [-0.4, -0.2) is 25.4 Å². The largest absolute Gasteiger partial charge is 0.464 e. The molecule has 0 aliphatic carbocycles. The van der Waals surface area contributed by atoms with E-state index in [-0.39, 0.29) is 6.29 Å². The standard InChI is InChI=1S/C18H24N4O/c1-13-6-7-15(23-13)12-22-17-5-3-2-4-16(17)21-18(22)20-14-8-10-19-11-9-14/h2-7,14,18-21H,8-12H2,1H3. The van der Waals surface area contributed by atoms with Crippen molar-refractivity contribution < 1.29 is 4.42 Å². The van der Waals surface area contributed by atoms with Gasteiger partial charge in [-0.3, -0.25) is 5.32 Å². The van der Waals surface area contributed by atoms with Crippen LogP contribution in [0.1, 0.15) is 24.4 Å². The zero-order valence-corrected chi connectivity index (χ0v) is 13.5. The van der Waals surface area contributed by atoms with Crippen molar-refractivity contribution in [2.75, 3.05) is 23.3 Å². The van der Waals surface area contributed by atoms with Crippen LogP contribution in [0.5, 0.6) is 0 Å². The highest BCUT2D eigenvalue weighted by molar-refractivity contribution is 5.75. The van der Waals surface area contributed by atoms with Crippen LogP contribution in [-0.2, 0) is 6.54 Å². The molecule has 1 atom stereocenters. The van der Waals surface area contributed by atoms with E-state index in [1.54, 1.807) is 0 Å². The lowest BCUT2D eigenvalue weighted by Gasteiger charge is -2.32. The van der Waals surface area contributed by atoms with Crippen LogP contribution < -0.4 is 20.9 Å². The number of hydrogen-bond donors (Lipinski definition) is 3. The number of para-hydroxylation sites is 2. The first kappa shape index (κ1) is 14.6. The SMILES string of the molecule is Cc1ccc(CN2c3ccccc3NC2NC2CCNCC2)o1. The lowest BCUT2D eigenvalue weighted by atomic mass is 10.1. The maximum Gasteiger partial charge on any atom is 0.156 e. The Kier molecular flexibility index (Phi) is 3.97. The van der Waals surface area contributed by atoms with E-state index in [1.807, 2.05) is 13.0 Å². The molecule has 3 N–H and O–H groups in total. The van der Waals surface area contributed by atoms with Crippen molar-refractivity contribution in [3.8, 4) is 0 Å². The summed E-state index contributed by atoms with van der Waals surface area (Å²) in [7, 11) is 0. The Labute approximate surface area is 137 Å². The topological polar surface area (TPSA) is 52.5 Å². The van der Waals surface area contributed by atoms with Gasteiger partial charge in [0.1, 0.15) is 11.5 Å². The smallest absolute Gasteiger partial charge is 0.156 e. The Bertz CT molecular complexity index is 663. The molecule has 23 heavy (non-hydrogen) atoms.